The molecule has 3 aromatic heterocycles. The number of aromatic nitrogens is 5. The zero-order valence-corrected chi connectivity index (χ0v) is 18.0. The first-order chi connectivity index (χ1) is 14.7. The third kappa shape index (κ3) is 4.36. The Balaban J connectivity index is 1.83. The summed E-state index contributed by atoms with van der Waals surface area (Å²) in [6.07, 6.45) is 3.73. The van der Waals surface area contributed by atoms with Crippen molar-refractivity contribution in [1.82, 2.24) is 30.0 Å². The molecule has 9 nitrogen and oxygen atoms in total. The molecule has 2 N–H and O–H groups in total. The molecular formula is C21H30N8O. The summed E-state index contributed by atoms with van der Waals surface area (Å²) in [4.78, 5) is 16.6. The van der Waals surface area contributed by atoms with Gasteiger partial charge in [-0.1, -0.05) is 19.4 Å². The summed E-state index contributed by atoms with van der Waals surface area (Å²) in [6, 6.07) is 4.01. The van der Waals surface area contributed by atoms with Gasteiger partial charge in [0.05, 0.1) is 18.8 Å². The van der Waals surface area contributed by atoms with Gasteiger partial charge in [0.1, 0.15) is 16.9 Å². The fourth-order valence-electron chi connectivity index (χ4n) is 3.63. The van der Waals surface area contributed by atoms with Crippen molar-refractivity contribution in [3.63, 3.8) is 0 Å². The van der Waals surface area contributed by atoms with Crippen molar-refractivity contribution in [2.45, 2.75) is 33.2 Å². The average Bonchev–Trinajstić information content (AvgIpc) is 3.12. The molecule has 9 heteroatoms. The zero-order valence-electron chi connectivity index (χ0n) is 18.0. The summed E-state index contributed by atoms with van der Waals surface area (Å²) in [6.45, 7) is 9.03. The SMILES string of the molecule is CCCc1nn(CCOC)c2c(Nc3ccc(C)cn3)nc(N3CCNCC3)nc12. The highest BCUT2D eigenvalue weighted by molar-refractivity contribution is 5.90. The molecule has 0 saturated carbocycles. The molecule has 1 aliphatic rings. The highest BCUT2D eigenvalue weighted by atomic mass is 16.5. The highest BCUT2D eigenvalue weighted by Crippen LogP contribution is 2.29. The number of nitrogens with one attached hydrogen (secondary N) is 2. The van der Waals surface area contributed by atoms with E-state index in [1.165, 1.54) is 0 Å². The lowest BCUT2D eigenvalue weighted by atomic mass is 10.2. The van der Waals surface area contributed by atoms with Crippen LogP contribution in [-0.4, -0.2) is 64.6 Å². The second-order valence-corrected chi connectivity index (χ2v) is 7.56. The second kappa shape index (κ2) is 9.36. The first-order valence-corrected chi connectivity index (χ1v) is 10.6. The Morgan fingerprint density at radius 3 is 2.73 bits per heavy atom. The molecule has 4 rings (SSSR count). The van der Waals surface area contributed by atoms with Gasteiger partial charge in [-0.15, -0.1) is 0 Å². The monoisotopic (exact) mass is 410 g/mol. The molecule has 0 spiro atoms. The van der Waals surface area contributed by atoms with Crippen molar-refractivity contribution < 1.29 is 4.74 Å². The van der Waals surface area contributed by atoms with E-state index in [1.807, 2.05) is 29.9 Å². The van der Waals surface area contributed by atoms with Crippen molar-refractivity contribution in [3.8, 4) is 0 Å². The molecule has 1 aliphatic heterocycles. The van der Waals surface area contributed by atoms with Crippen LogP contribution in [0.2, 0.25) is 0 Å². The van der Waals surface area contributed by atoms with Gasteiger partial charge < -0.3 is 20.3 Å². The van der Waals surface area contributed by atoms with E-state index in [2.05, 4.69) is 27.4 Å². The Labute approximate surface area is 176 Å². The Morgan fingerprint density at radius 1 is 1.20 bits per heavy atom. The van der Waals surface area contributed by atoms with Gasteiger partial charge in [0.25, 0.3) is 0 Å². The first-order valence-electron chi connectivity index (χ1n) is 10.6. The number of pyridine rings is 1. The molecule has 0 aliphatic carbocycles. The van der Waals surface area contributed by atoms with E-state index in [4.69, 9.17) is 19.8 Å². The van der Waals surface area contributed by atoms with E-state index in [1.54, 1.807) is 7.11 Å². The smallest absolute Gasteiger partial charge is 0.228 e. The molecular weight excluding hydrogens is 380 g/mol. The van der Waals surface area contributed by atoms with Gasteiger partial charge in [0.2, 0.25) is 5.95 Å². The van der Waals surface area contributed by atoms with Gasteiger partial charge in [0.15, 0.2) is 5.82 Å². The Morgan fingerprint density at radius 2 is 2.03 bits per heavy atom. The number of methoxy groups -OCH3 is 1. The standard InChI is InChI=1S/C21H30N8O/c1-4-5-16-18-19(29(27-16)12-13-30-3)20(24-17-7-6-15(2)14-23-17)26-21(25-18)28-10-8-22-9-11-28/h6-7,14,22H,4-5,8-13H2,1-3H3,(H,23,24,25,26). The summed E-state index contributed by atoms with van der Waals surface area (Å²) in [5, 5.41) is 11.7. The molecule has 0 unspecified atom stereocenters. The molecule has 0 atom stereocenters. The predicted molar refractivity (Wildman–Crippen MR) is 119 cm³/mol. The van der Waals surface area contributed by atoms with E-state index in [0.29, 0.717) is 13.2 Å². The molecule has 0 radical (unpaired) electrons. The van der Waals surface area contributed by atoms with Crippen molar-refractivity contribution in [2.24, 2.45) is 0 Å². The Hall–Kier alpha value is -2.78. The maximum Gasteiger partial charge on any atom is 0.228 e. The number of fused-ring (bicyclic) bond motifs is 1. The number of nitrogens with zero attached hydrogens (tertiary/aromatic N) is 6. The first kappa shape index (κ1) is 20.5. The number of hydrogen-bond donors (Lipinski definition) is 2. The molecule has 30 heavy (non-hydrogen) atoms. The fraction of sp³-hybridized carbons (Fsp3) is 0.524. The van der Waals surface area contributed by atoms with Crippen LogP contribution in [0.3, 0.4) is 0 Å². The number of anilines is 3. The lowest BCUT2D eigenvalue weighted by molar-refractivity contribution is 0.184. The van der Waals surface area contributed by atoms with Crippen LogP contribution in [0.5, 0.6) is 0 Å². The molecule has 0 aromatic carbocycles. The van der Waals surface area contributed by atoms with Gasteiger partial charge in [-0.05, 0) is 25.0 Å². The molecule has 4 heterocycles. The predicted octanol–water partition coefficient (Wildman–Crippen LogP) is 2.28. The van der Waals surface area contributed by atoms with Crippen molar-refractivity contribution in [2.75, 3.05) is 50.1 Å². The summed E-state index contributed by atoms with van der Waals surface area (Å²) in [5.41, 5.74) is 3.93. The maximum absolute atomic E-state index is 5.30. The van der Waals surface area contributed by atoms with Crippen LogP contribution in [-0.2, 0) is 17.7 Å². The van der Waals surface area contributed by atoms with Crippen LogP contribution in [0, 0.1) is 6.92 Å². The van der Waals surface area contributed by atoms with Gasteiger partial charge in [-0.3, -0.25) is 4.68 Å². The maximum atomic E-state index is 5.30. The summed E-state index contributed by atoms with van der Waals surface area (Å²) in [5.74, 6) is 2.22. The van der Waals surface area contributed by atoms with E-state index in [9.17, 15) is 0 Å². The topological polar surface area (TPSA) is 93.0 Å². The highest BCUT2D eigenvalue weighted by Gasteiger charge is 2.22. The van der Waals surface area contributed by atoms with Gasteiger partial charge in [-0.2, -0.15) is 10.1 Å². The van der Waals surface area contributed by atoms with E-state index < -0.39 is 0 Å². The average molecular weight is 411 g/mol. The van der Waals surface area contributed by atoms with Crippen LogP contribution in [0.4, 0.5) is 17.6 Å². The van der Waals surface area contributed by atoms with Crippen molar-refractivity contribution in [3.05, 3.63) is 29.6 Å². The second-order valence-electron chi connectivity index (χ2n) is 7.56. The number of ether oxygens (including phenoxy) is 1. The van der Waals surface area contributed by atoms with Gasteiger partial charge in [0, 0.05) is 39.5 Å². The molecule has 0 bridgehead atoms. The number of hydrogen-bond acceptors (Lipinski definition) is 8. The van der Waals surface area contributed by atoms with E-state index in [0.717, 1.165) is 78.9 Å². The number of piperazine rings is 1. The molecule has 0 amide bonds. The third-order valence-electron chi connectivity index (χ3n) is 5.20. The molecule has 160 valence electrons. The van der Waals surface area contributed by atoms with Crippen LogP contribution in [0.1, 0.15) is 24.6 Å². The minimum atomic E-state index is 0.574. The Kier molecular flexibility index (Phi) is 6.39. The van der Waals surface area contributed by atoms with Crippen LogP contribution in [0.15, 0.2) is 18.3 Å². The summed E-state index contributed by atoms with van der Waals surface area (Å²) >= 11 is 0. The van der Waals surface area contributed by atoms with E-state index >= 15 is 0 Å². The molecule has 1 fully saturated rings. The van der Waals surface area contributed by atoms with Crippen LogP contribution >= 0.6 is 0 Å². The third-order valence-corrected chi connectivity index (χ3v) is 5.20. The van der Waals surface area contributed by atoms with E-state index in [-0.39, 0.29) is 0 Å². The lowest BCUT2D eigenvalue weighted by Crippen LogP contribution is -2.44. The normalized spacial score (nSPS) is 14.4. The van der Waals surface area contributed by atoms with Crippen molar-refractivity contribution >= 4 is 28.6 Å². The quantitative estimate of drug-likeness (QED) is 0.584. The zero-order chi connectivity index (χ0) is 20.9. The van der Waals surface area contributed by atoms with Crippen LogP contribution in [0.25, 0.3) is 11.0 Å². The molecule has 3 aromatic rings. The molecule has 1 saturated heterocycles. The number of aryl methyl sites for hydroxylation is 2. The largest absolute Gasteiger partial charge is 0.383 e. The van der Waals surface area contributed by atoms with Crippen molar-refractivity contribution in [1.29, 1.82) is 0 Å². The summed E-state index contributed by atoms with van der Waals surface area (Å²) in [7, 11) is 1.70. The van der Waals surface area contributed by atoms with Gasteiger partial charge >= 0.3 is 0 Å². The Bertz CT molecular complexity index is 979. The minimum absolute atomic E-state index is 0.574. The summed E-state index contributed by atoms with van der Waals surface area (Å²) < 4.78 is 7.26. The minimum Gasteiger partial charge on any atom is -0.383 e. The fourth-order valence-corrected chi connectivity index (χ4v) is 3.63. The number of rotatable bonds is 8. The van der Waals surface area contributed by atoms with Crippen LogP contribution < -0.4 is 15.5 Å². The van der Waals surface area contributed by atoms with Gasteiger partial charge in [-0.25, -0.2) is 9.97 Å². The lowest BCUT2D eigenvalue weighted by Gasteiger charge is -2.27.